The minimum Gasteiger partial charge on any atom is -0.425 e. The van der Waals surface area contributed by atoms with Gasteiger partial charge in [-0.2, -0.15) is 0 Å². The molecule has 4 rings (SSSR count). The molecule has 1 aromatic rings. The Morgan fingerprint density at radius 3 is 2.18 bits per heavy atom. The molecule has 10 heteroatoms. The van der Waals surface area contributed by atoms with Crippen LogP contribution in [0.15, 0.2) is 24.3 Å². The van der Waals surface area contributed by atoms with Gasteiger partial charge in [-0.05, 0) is 39.8 Å². The Hall–Kier alpha value is -2.11. The van der Waals surface area contributed by atoms with Crippen molar-refractivity contribution >= 4 is 11.7 Å². The van der Waals surface area contributed by atoms with Crippen molar-refractivity contribution in [2.24, 2.45) is 0 Å². The normalized spacial score (nSPS) is 35.1. The first-order valence-corrected chi connectivity index (χ1v) is 8.88. The summed E-state index contributed by atoms with van der Waals surface area (Å²) in [6.07, 6.45) is -3.81. The molecule has 3 heterocycles. The Labute approximate surface area is 160 Å². The number of benzene rings is 1. The van der Waals surface area contributed by atoms with Crippen LogP contribution in [0.1, 0.15) is 27.7 Å². The van der Waals surface area contributed by atoms with Crippen LogP contribution in [-0.4, -0.2) is 53.2 Å². The fraction of sp³-hybridized carbons (Fsp3) is 0.611. The molecule has 0 aromatic heterocycles. The van der Waals surface area contributed by atoms with Gasteiger partial charge < -0.3 is 28.4 Å². The Balaban J connectivity index is 1.54. The first-order chi connectivity index (χ1) is 13.0. The van der Waals surface area contributed by atoms with Gasteiger partial charge in [0.2, 0.25) is 0 Å². The standard InChI is InChI=1S/C18H21NO9/c1-17(2)25-11-12(26-17)14-16(28-18(3,4)27-14)24-13(11)15(20)23-10-7-5-9(6-8-10)19(21)22/h5-8,11-14,16H,1-4H3/t11-,12+,13-,14-,16+/m1/s1. The molecule has 3 aliphatic heterocycles. The van der Waals surface area contributed by atoms with Crippen molar-refractivity contribution in [3.8, 4) is 5.75 Å². The zero-order valence-corrected chi connectivity index (χ0v) is 15.8. The molecule has 0 aliphatic carbocycles. The number of ether oxygens (including phenoxy) is 6. The number of hydrogen-bond donors (Lipinski definition) is 0. The van der Waals surface area contributed by atoms with Gasteiger partial charge in [0.05, 0.1) is 4.92 Å². The maximum atomic E-state index is 12.8. The highest BCUT2D eigenvalue weighted by atomic mass is 16.9. The van der Waals surface area contributed by atoms with E-state index in [0.717, 1.165) is 0 Å². The largest absolute Gasteiger partial charge is 0.425 e. The van der Waals surface area contributed by atoms with E-state index in [9.17, 15) is 14.9 Å². The van der Waals surface area contributed by atoms with Crippen molar-refractivity contribution < 1.29 is 38.1 Å². The van der Waals surface area contributed by atoms with Gasteiger partial charge in [-0.3, -0.25) is 10.1 Å². The van der Waals surface area contributed by atoms with E-state index < -0.39 is 53.2 Å². The van der Waals surface area contributed by atoms with Gasteiger partial charge in [-0.25, -0.2) is 4.79 Å². The number of carbonyl (C=O) groups is 1. The van der Waals surface area contributed by atoms with E-state index in [2.05, 4.69) is 0 Å². The first-order valence-electron chi connectivity index (χ1n) is 8.88. The lowest BCUT2D eigenvalue weighted by Crippen LogP contribution is -2.58. The lowest BCUT2D eigenvalue weighted by molar-refractivity contribution is -0.384. The SMILES string of the molecule is CC1(C)O[C@H]2[C@@H](O1)[C@H](C(=O)Oc1ccc([N+](=O)[O-])cc1)O[C@H]1OC(C)(C)O[C@@H]12. The number of fused-ring (bicyclic) bond motifs is 3. The second-order valence-corrected chi connectivity index (χ2v) is 7.76. The second kappa shape index (κ2) is 6.46. The highest BCUT2D eigenvalue weighted by Crippen LogP contribution is 2.44. The zero-order valence-electron chi connectivity index (χ0n) is 15.8. The molecule has 28 heavy (non-hydrogen) atoms. The molecule has 3 saturated heterocycles. The van der Waals surface area contributed by atoms with E-state index in [4.69, 9.17) is 28.4 Å². The predicted octanol–water partition coefficient (Wildman–Crippen LogP) is 1.90. The van der Waals surface area contributed by atoms with E-state index in [-0.39, 0.29) is 11.4 Å². The molecule has 0 spiro atoms. The van der Waals surface area contributed by atoms with Crippen LogP contribution in [0.2, 0.25) is 0 Å². The number of esters is 1. The highest BCUT2D eigenvalue weighted by Gasteiger charge is 2.62. The molecule has 0 unspecified atom stereocenters. The zero-order chi connectivity index (χ0) is 20.3. The minimum absolute atomic E-state index is 0.107. The van der Waals surface area contributed by atoms with E-state index in [1.807, 2.05) is 0 Å². The van der Waals surface area contributed by atoms with Gasteiger partial charge in [0, 0.05) is 12.1 Å². The Kier molecular flexibility index (Phi) is 4.43. The third-order valence-corrected chi connectivity index (χ3v) is 4.65. The molecule has 10 nitrogen and oxygen atoms in total. The molecule has 3 fully saturated rings. The van der Waals surface area contributed by atoms with E-state index in [1.54, 1.807) is 27.7 Å². The fourth-order valence-corrected chi connectivity index (χ4v) is 3.61. The van der Waals surface area contributed by atoms with Gasteiger partial charge in [-0.15, -0.1) is 0 Å². The van der Waals surface area contributed by atoms with Gasteiger partial charge >= 0.3 is 5.97 Å². The van der Waals surface area contributed by atoms with E-state index >= 15 is 0 Å². The van der Waals surface area contributed by atoms with Crippen molar-refractivity contribution in [2.45, 2.75) is 70.0 Å². The Bertz CT molecular complexity index is 791. The quantitative estimate of drug-likeness (QED) is 0.327. The number of nitrogens with zero attached hydrogens (tertiary/aromatic N) is 1. The summed E-state index contributed by atoms with van der Waals surface area (Å²) in [5.41, 5.74) is -0.107. The summed E-state index contributed by atoms with van der Waals surface area (Å²) in [6.45, 7) is 6.96. The Morgan fingerprint density at radius 2 is 1.54 bits per heavy atom. The summed E-state index contributed by atoms with van der Waals surface area (Å²) in [6, 6.07) is 5.18. The molecule has 0 radical (unpaired) electrons. The van der Waals surface area contributed by atoms with Crippen LogP contribution < -0.4 is 4.74 Å². The number of hydrogen-bond acceptors (Lipinski definition) is 9. The van der Waals surface area contributed by atoms with Crippen LogP contribution in [0.3, 0.4) is 0 Å². The van der Waals surface area contributed by atoms with Gasteiger partial charge in [0.15, 0.2) is 24.0 Å². The van der Waals surface area contributed by atoms with Crippen LogP contribution in [0.5, 0.6) is 5.75 Å². The third kappa shape index (κ3) is 3.49. The highest BCUT2D eigenvalue weighted by molar-refractivity contribution is 5.78. The second-order valence-electron chi connectivity index (χ2n) is 7.76. The minimum atomic E-state index is -1.11. The number of nitro groups is 1. The summed E-state index contributed by atoms with van der Waals surface area (Å²) in [5, 5.41) is 10.7. The van der Waals surface area contributed by atoms with Crippen LogP contribution in [0.25, 0.3) is 0 Å². The predicted molar refractivity (Wildman–Crippen MR) is 91.3 cm³/mol. The van der Waals surface area contributed by atoms with Crippen LogP contribution in [-0.2, 0) is 28.5 Å². The number of carbonyl (C=O) groups excluding carboxylic acids is 1. The van der Waals surface area contributed by atoms with Crippen LogP contribution in [0.4, 0.5) is 5.69 Å². The van der Waals surface area contributed by atoms with Crippen molar-refractivity contribution in [1.29, 1.82) is 0 Å². The molecular weight excluding hydrogens is 374 g/mol. The fourth-order valence-electron chi connectivity index (χ4n) is 3.61. The van der Waals surface area contributed by atoms with Gasteiger partial charge in [0.1, 0.15) is 24.1 Å². The molecule has 0 N–H and O–H groups in total. The maximum absolute atomic E-state index is 12.8. The molecule has 1 aromatic carbocycles. The van der Waals surface area contributed by atoms with Crippen molar-refractivity contribution in [1.82, 2.24) is 0 Å². The molecular formula is C18H21NO9. The van der Waals surface area contributed by atoms with Crippen LogP contribution >= 0.6 is 0 Å². The summed E-state index contributed by atoms with van der Waals surface area (Å²) >= 11 is 0. The molecule has 0 saturated carbocycles. The van der Waals surface area contributed by atoms with Gasteiger partial charge in [0.25, 0.3) is 5.69 Å². The molecule has 0 amide bonds. The summed E-state index contributed by atoms with van der Waals surface area (Å²) in [4.78, 5) is 23.0. The van der Waals surface area contributed by atoms with Gasteiger partial charge in [-0.1, -0.05) is 0 Å². The third-order valence-electron chi connectivity index (χ3n) is 4.65. The summed E-state index contributed by atoms with van der Waals surface area (Å²) < 4.78 is 34.6. The average Bonchev–Trinajstić information content (AvgIpc) is 3.08. The van der Waals surface area contributed by atoms with E-state index in [1.165, 1.54) is 24.3 Å². The van der Waals surface area contributed by atoms with Crippen molar-refractivity contribution in [3.63, 3.8) is 0 Å². The maximum Gasteiger partial charge on any atom is 0.343 e. The number of non-ortho nitro benzene ring substituents is 1. The monoisotopic (exact) mass is 395 g/mol. The molecule has 152 valence electrons. The Morgan fingerprint density at radius 1 is 0.964 bits per heavy atom. The summed E-state index contributed by atoms with van der Waals surface area (Å²) in [7, 11) is 0. The van der Waals surface area contributed by atoms with E-state index in [0.29, 0.717) is 0 Å². The molecule has 0 bridgehead atoms. The van der Waals surface area contributed by atoms with Crippen molar-refractivity contribution in [3.05, 3.63) is 34.4 Å². The lowest BCUT2D eigenvalue weighted by Gasteiger charge is -2.35. The smallest absolute Gasteiger partial charge is 0.343 e. The van der Waals surface area contributed by atoms with Crippen molar-refractivity contribution in [2.75, 3.05) is 0 Å². The molecule has 3 aliphatic rings. The summed E-state index contributed by atoms with van der Waals surface area (Å²) in [5.74, 6) is -2.39. The number of rotatable bonds is 3. The molecule has 5 atom stereocenters. The van der Waals surface area contributed by atoms with Crippen LogP contribution in [0, 0.1) is 10.1 Å². The average molecular weight is 395 g/mol. The number of nitro benzene ring substituents is 1. The first kappa shape index (κ1) is 19.2. The lowest BCUT2D eigenvalue weighted by atomic mass is 9.99. The topological polar surface area (TPSA) is 116 Å².